The Bertz CT molecular complexity index is 1080. The number of carbonyl (C=O) groups is 3. The lowest BCUT2D eigenvalue weighted by atomic mass is 9.78. The lowest BCUT2D eigenvalue weighted by Gasteiger charge is -2.30. The number of hydrogen-bond donors (Lipinski definition) is 0. The van der Waals surface area contributed by atoms with E-state index in [2.05, 4.69) is 0 Å². The summed E-state index contributed by atoms with van der Waals surface area (Å²) >= 11 is 0. The van der Waals surface area contributed by atoms with Gasteiger partial charge in [0.05, 0.1) is 23.3 Å². The summed E-state index contributed by atoms with van der Waals surface area (Å²) in [5.41, 5.74) is 0.519. The van der Waals surface area contributed by atoms with Crippen molar-refractivity contribution in [3.05, 3.63) is 88.0 Å². The van der Waals surface area contributed by atoms with Crippen molar-refractivity contribution in [2.24, 2.45) is 17.8 Å². The molecule has 8 heteroatoms. The van der Waals surface area contributed by atoms with Crippen LogP contribution in [0, 0.1) is 27.9 Å². The molecule has 2 aromatic rings. The molecule has 8 nitrogen and oxygen atoms in total. The molecule has 0 spiro atoms. The maximum Gasteiger partial charge on any atom is 0.273 e. The maximum absolute atomic E-state index is 13.4. The molecule has 158 valence electrons. The molecule has 4 rings (SSSR count). The van der Waals surface area contributed by atoms with Crippen molar-refractivity contribution in [1.29, 1.82) is 0 Å². The average Bonchev–Trinajstić information content (AvgIpc) is 3.03. The third-order valence-electron chi connectivity index (χ3n) is 5.80. The number of rotatable bonds is 5. The van der Waals surface area contributed by atoms with Gasteiger partial charge >= 0.3 is 0 Å². The molecule has 3 atom stereocenters. The van der Waals surface area contributed by atoms with Gasteiger partial charge in [0.15, 0.2) is 0 Å². The molecule has 2 aromatic carbocycles. The van der Waals surface area contributed by atoms with Gasteiger partial charge in [0.2, 0.25) is 0 Å². The molecular formula is C23H21N3O5. The number of nitro benzene ring substituents is 1. The fraction of sp³-hybridized carbons (Fsp3) is 0.261. The van der Waals surface area contributed by atoms with E-state index in [1.807, 2.05) is 25.1 Å². The van der Waals surface area contributed by atoms with Crippen molar-refractivity contribution >= 4 is 23.4 Å². The van der Waals surface area contributed by atoms with Crippen LogP contribution in [0.15, 0.2) is 66.7 Å². The second-order valence-electron chi connectivity index (χ2n) is 7.80. The summed E-state index contributed by atoms with van der Waals surface area (Å²) in [6.45, 7) is 1.87. The Morgan fingerprint density at radius 2 is 1.87 bits per heavy atom. The van der Waals surface area contributed by atoms with E-state index in [9.17, 15) is 24.5 Å². The largest absolute Gasteiger partial charge is 0.273 e. The zero-order valence-electron chi connectivity index (χ0n) is 16.9. The predicted octanol–water partition coefficient (Wildman–Crippen LogP) is 3.35. The highest BCUT2D eigenvalue weighted by Gasteiger charge is 2.53. The predicted molar refractivity (Wildman–Crippen MR) is 111 cm³/mol. The molecule has 0 N–H and O–H groups in total. The molecule has 0 unspecified atom stereocenters. The highest BCUT2D eigenvalue weighted by atomic mass is 16.6. The summed E-state index contributed by atoms with van der Waals surface area (Å²) in [7, 11) is 0. The summed E-state index contributed by atoms with van der Waals surface area (Å²) in [4.78, 5) is 50.5. The smallest absolute Gasteiger partial charge is 0.272 e. The van der Waals surface area contributed by atoms with Gasteiger partial charge in [0.25, 0.3) is 23.4 Å². The van der Waals surface area contributed by atoms with Crippen LogP contribution in [-0.2, 0) is 16.1 Å². The second kappa shape index (κ2) is 8.14. The molecule has 31 heavy (non-hydrogen) atoms. The fourth-order valence-corrected chi connectivity index (χ4v) is 4.26. The Kier molecular flexibility index (Phi) is 5.37. The SMILES string of the molecule is C[C@@H]1C=CC[C@H]2C(=O)N(N(Cc3ccccc3)C(=O)c3cccc([N+](=O)[O-])c3)C(=O)[C@@H]12. The van der Waals surface area contributed by atoms with Crippen molar-refractivity contribution in [3.63, 3.8) is 0 Å². The number of carbonyl (C=O) groups excluding carboxylic acids is 3. The van der Waals surface area contributed by atoms with Crippen LogP contribution < -0.4 is 0 Å². The highest BCUT2D eigenvalue weighted by Crippen LogP contribution is 2.39. The number of amides is 3. The molecule has 0 saturated carbocycles. The lowest BCUT2D eigenvalue weighted by molar-refractivity contribution is -0.384. The van der Waals surface area contributed by atoms with Crippen molar-refractivity contribution in [2.75, 3.05) is 0 Å². The van der Waals surface area contributed by atoms with Gasteiger partial charge < -0.3 is 0 Å². The van der Waals surface area contributed by atoms with E-state index in [1.165, 1.54) is 18.2 Å². The van der Waals surface area contributed by atoms with Crippen molar-refractivity contribution in [3.8, 4) is 0 Å². The number of hydrogen-bond acceptors (Lipinski definition) is 5. The first-order chi connectivity index (χ1) is 14.9. The van der Waals surface area contributed by atoms with E-state index in [1.54, 1.807) is 24.3 Å². The van der Waals surface area contributed by atoms with Crippen LogP contribution in [0.25, 0.3) is 0 Å². The molecule has 0 radical (unpaired) electrons. The molecule has 1 aliphatic carbocycles. The van der Waals surface area contributed by atoms with Crippen molar-refractivity contribution < 1.29 is 19.3 Å². The number of hydrazine groups is 1. The minimum Gasteiger partial charge on any atom is -0.272 e. The monoisotopic (exact) mass is 419 g/mol. The molecule has 1 aliphatic heterocycles. The first-order valence-corrected chi connectivity index (χ1v) is 10.0. The number of non-ortho nitro benzene ring substituents is 1. The van der Waals surface area contributed by atoms with Gasteiger partial charge in [-0.05, 0) is 24.0 Å². The Morgan fingerprint density at radius 1 is 1.13 bits per heavy atom. The number of imide groups is 1. The molecule has 0 aromatic heterocycles. The number of benzene rings is 2. The quantitative estimate of drug-likeness (QED) is 0.320. The average molecular weight is 419 g/mol. The van der Waals surface area contributed by atoms with Crippen LogP contribution in [0.5, 0.6) is 0 Å². The van der Waals surface area contributed by atoms with Crippen LogP contribution in [0.4, 0.5) is 5.69 Å². The van der Waals surface area contributed by atoms with E-state index in [0.717, 1.165) is 21.6 Å². The number of nitrogens with zero attached hydrogens (tertiary/aromatic N) is 3. The zero-order valence-corrected chi connectivity index (χ0v) is 16.9. The highest BCUT2D eigenvalue weighted by molar-refractivity contribution is 6.08. The Labute approximate surface area is 178 Å². The van der Waals surface area contributed by atoms with E-state index in [4.69, 9.17) is 0 Å². The van der Waals surface area contributed by atoms with Gasteiger partial charge in [-0.3, -0.25) is 24.5 Å². The van der Waals surface area contributed by atoms with Crippen LogP contribution in [-0.4, -0.2) is 32.7 Å². The van der Waals surface area contributed by atoms with Crippen LogP contribution in [0.2, 0.25) is 0 Å². The summed E-state index contributed by atoms with van der Waals surface area (Å²) in [5.74, 6) is -2.62. The maximum atomic E-state index is 13.4. The van der Waals surface area contributed by atoms with Crippen LogP contribution in [0.1, 0.15) is 29.3 Å². The Hall–Kier alpha value is -3.81. The Morgan fingerprint density at radius 3 is 2.55 bits per heavy atom. The molecule has 3 amide bonds. The minimum absolute atomic E-state index is 0.0128. The van der Waals surface area contributed by atoms with Gasteiger partial charge in [-0.2, -0.15) is 5.01 Å². The van der Waals surface area contributed by atoms with E-state index < -0.39 is 34.5 Å². The van der Waals surface area contributed by atoms with E-state index in [0.29, 0.717) is 6.42 Å². The summed E-state index contributed by atoms with van der Waals surface area (Å²) < 4.78 is 0. The number of nitro groups is 1. The lowest BCUT2D eigenvalue weighted by Crippen LogP contribution is -2.50. The fourth-order valence-electron chi connectivity index (χ4n) is 4.26. The first kappa shape index (κ1) is 20.5. The second-order valence-corrected chi connectivity index (χ2v) is 7.80. The van der Waals surface area contributed by atoms with Crippen molar-refractivity contribution in [2.45, 2.75) is 19.9 Å². The van der Waals surface area contributed by atoms with E-state index >= 15 is 0 Å². The van der Waals surface area contributed by atoms with Crippen LogP contribution in [0.3, 0.4) is 0 Å². The Balaban J connectivity index is 1.74. The molecule has 1 saturated heterocycles. The van der Waals surface area contributed by atoms with Gasteiger partial charge in [-0.15, -0.1) is 0 Å². The van der Waals surface area contributed by atoms with Crippen molar-refractivity contribution in [1.82, 2.24) is 10.0 Å². The molecular weight excluding hydrogens is 398 g/mol. The summed E-state index contributed by atoms with van der Waals surface area (Å²) in [6.07, 6.45) is 4.25. The van der Waals surface area contributed by atoms with Gasteiger partial charge in [-0.1, -0.05) is 55.5 Å². The van der Waals surface area contributed by atoms with Gasteiger partial charge in [0.1, 0.15) is 0 Å². The molecule has 2 aliphatic rings. The first-order valence-electron chi connectivity index (χ1n) is 10.0. The third kappa shape index (κ3) is 3.72. The zero-order chi connectivity index (χ0) is 22.1. The minimum atomic E-state index is -0.645. The van der Waals surface area contributed by atoms with Crippen LogP contribution >= 0.6 is 0 Å². The number of allylic oxidation sites excluding steroid dienone is 2. The molecule has 1 fully saturated rings. The van der Waals surface area contributed by atoms with Gasteiger partial charge in [-0.25, -0.2) is 5.01 Å². The summed E-state index contributed by atoms with van der Waals surface area (Å²) in [5, 5.41) is 13.2. The summed E-state index contributed by atoms with van der Waals surface area (Å²) in [6, 6.07) is 14.3. The van der Waals surface area contributed by atoms with E-state index in [-0.39, 0.29) is 23.7 Å². The number of fused-ring (bicyclic) bond motifs is 1. The molecule has 0 bridgehead atoms. The van der Waals surface area contributed by atoms with Gasteiger partial charge in [0, 0.05) is 17.7 Å². The third-order valence-corrected chi connectivity index (χ3v) is 5.80. The topological polar surface area (TPSA) is 101 Å². The normalized spacial score (nSPS) is 22.4. The standard InChI is InChI=1S/C23H21N3O5/c1-15-7-5-12-19-20(15)23(29)25(22(19)28)24(14-16-8-3-2-4-9-16)21(27)17-10-6-11-18(13-17)26(30)31/h2-11,13,15,19-20H,12,14H2,1H3/t15-,19-,20+/m1/s1. The molecule has 1 heterocycles.